The van der Waals surface area contributed by atoms with Gasteiger partial charge in [0.25, 0.3) is 0 Å². The predicted octanol–water partition coefficient (Wildman–Crippen LogP) is 2.18. The maximum atomic E-state index is 12.4. The maximum absolute atomic E-state index is 12.4. The molecule has 0 fully saturated rings. The number of anilines is 2. The number of nitrogens with two attached hydrogens (primary N) is 2. The second kappa shape index (κ2) is 7.75. The summed E-state index contributed by atoms with van der Waals surface area (Å²) in [6, 6.07) is 0. The highest BCUT2D eigenvalue weighted by Gasteiger charge is 2.22. The van der Waals surface area contributed by atoms with Gasteiger partial charge in [-0.1, -0.05) is 11.3 Å². The molecule has 8 nitrogen and oxygen atoms in total. The molecule has 2 heterocycles. The topological polar surface area (TPSA) is 120 Å². The number of nitrogen functional groups attached to an aromatic ring is 2. The summed E-state index contributed by atoms with van der Waals surface area (Å²) in [5, 5.41) is 10.5. The van der Waals surface area contributed by atoms with Crippen molar-refractivity contribution in [2.45, 2.75) is 39.2 Å². The van der Waals surface area contributed by atoms with E-state index in [1.165, 1.54) is 22.7 Å². The van der Waals surface area contributed by atoms with Crippen LogP contribution in [0.15, 0.2) is 6.20 Å². The first-order chi connectivity index (χ1) is 11.2. The van der Waals surface area contributed by atoms with Crippen molar-refractivity contribution >= 4 is 38.9 Å². The number of rotatable bonds is 6. The van der Waals surface area contributed by atoms with E-state index in [-0.39, 0.29) is 6.09 Å². The molecule has 10 heteroatoms. The van der Waals surface area contributed by atoms with Gasteiger partial charge >= 0.3 is 6.09 Å². The molecule has 0 aliphatic carbocycles. The monoisotopic (exact) mass is 370 g/mol. The molecule has 132 valence electrons. The molecule has 2 aromatic heterocycles. The van der Waals surface area contributed by atoms with Crippen molar-refractivity contribution in [1.29, 1.82) is 0 Å². The fraction of sp³-hybridized carbons (Fsp3) is 0.571. The standard InChI is InChI=1S/C14H22N6O2S2/c1-14(2,3)22-13(21)20(6-4-10-17-8-9(15)23-10)7-5-11-18-19-12(16)24-11/h8H,4-7,15H2,1-3H3,(H2,16,19). The average Bonchev–Trinajstić information content (AvgIpc) is 3.05. The van der Waals surface area contributed by atoms with Gasteiger partial charge in [-0.15, -0.1) is 21.5 Å². The summed E-state index contributed by atoms with van der Waals surface area (Å²) in [4.78, 5) is 18.3. The van der Waals surface area contributed by atoms with Crippen molar-refractivity contribution in [3.63, 3.8) is 0 Å². The zero-order chi connectivity index (χ0) is 17.7. The lowest BCUT2D eigenvalue weighted by Crippen LogP contribution is -2.39. The molecule has 0 aliphatic rings. The van der Waals surface area contributed by atoms with Crippen LogP contribution in [0.1, 0.15) is 30.8 Å². The lowest BCUT2D eigenvalue weighted by molar-refractivity contribution is 0.0254. The molecule has 0 atom stereocenters. The first-order valence-electron chi connectivity index (χ1n) is 7.49. The van der Waals surface area contributed by atoms with Gasteiger partial charge in [0, 0.05) is 25.9 Å². The number of carbonyl (C=O) groups excluding carboxylic acids is 1. The van der Waals surface area contributed by atoms with Crippen molar-refractivity contribution in [2.24, 2.45) is 0 Å². The Balaban J connectivity index is 1.98. The van der Waals surface area contributed by atoms with Gasteiger partial charge in [-0.3, -0.25) is 0 Å². The van der Waals surface area contributed by atoms with Crippen LogP contribution in [0.25, 0.3) is 0 Å². The molecule has 0 aromatic carbocycles. The number of ether oxygens (including phenoxy) is 1. The molecule has 1 amide bonds. The first-order valence-corrected chi connectivity index (χ1v) is 9.12. The minimum Gasteiger partial charge on any atom is -0.444 e. The van der Waals surface area contributed by atoms with Gasteiger partial charge in [-0.05, 0) is 20.8 Å². The second-order valence-corrected chi connectivity index (χ2v) is 8.40. The summed E-state index contributed by atoms with van der Waals surface area (Å²) < 4.78 is 5.48. The van der Waals surface area contributed by atoms with Crippen LogP contribution in [0.4, 0.5) is 14.9 Å². The molecule has 0 aliphatic heterocycles. The second-order valence-electron chi connectivity index (χ2n) is 6.16. The number of hydrogen-bond donors (Lipinski definition) is 2. The molecular weight excluding hydrogens is 348 g/mol. The Kier molecular flexibility index (Phi) is 5.94. The van der Waals surface area contributed by atoms with E-state index < -0.39 is 5.60 Å². The normalized spacial score (nSPS) is 11.5. The van der Waals surface area contributed by atoms with Crippen molar-refractivity contribution in [1.82, 2.24) is 20.1 Å². The summed E-state index contributed by atoms with van der Waals surface area (Å²) >= 11 is 2.75. The van der Waals surface area contributed by atoms with Gasteiger partial charge in [0.2, 0.25) is 5.13 Å². The third-order valence-electron chi connectivity index (χ3n) is 2.90. The third kappa shape index (κ3) is 5.93. The molecule has 0 spiro atoms. The Labute approximate surface area is 148 Å². The quantitative estimate of drug-likeness (QED) is 0.799. The molecule has 0 bridgehead atoms. The van der Waals surface area contributed by atoms with E-state index in [1.807, 2.05) is 20.8 Å². The van der Waals surface area contributed by atoms with E-state index in [0.717, 1.165) is 10.0 Å². The predicted molar refractivity (Wildman–Crippen MR) is 96.1 cm³/mol. The summed E-state index contributed by atoms with van der Waals surface area (Å²) in [6.07, 6.45) is 2.47. The van der Waals surface area contributed by atoms with E-state index in [2.05, 4.69) is 15.2 Å². The van der Waals surface area contributed by atoms with Gasteiger partial charge in [0.1, 0.15) is 15.6 Å². The fourth-order valence-corrected chi connectivity index (χ4v) is 3.16. The molecule has 4 N–H and O–H groups in total. The van der Waals surface area contributed by atoms with Gasteiger partial charge in [-0.2, -0.15) is 0 Å². The Morgan fingerprint density at radius 2 is 1.83 bits per heavy atom. The van der Waals surface area contributed by atoms with Gasteiger partial charge in [-0.25, -0.2) is 9.78 Å². The maximum Gasteiger partial charge on any atom is 0.410 e. The molecule has 0 saturated carbocycles. The molecule has 2 rings (SSSR count). The Hall–Kier alpha value is -1.94. The highest BCUT2D eigenvalue weighted by Crippen LogP contribution is 2.17. The molecule has 0 saturated heterocycles. The van der Waals surface area contributed by atoms with E-state index in [4.69, 9.17) is 16.2 Å². The summed E-state index contributed by atoms with van der Waals surface area (Å²) in [6.45, 7) is 6.50. The van der Waals surface area contributed by atoms with E-state index in [1.54, 1.807) is 11.1 Å². The number of thiazole rings is 1. The summed E-state index contributed by atoms with van der Waals surface area (Å²) in [5.41, 5.74) is 10.7. The van der Waals surface area contributed by atoms with Crippen molar-refractivity contribution in [3.8, 4) is 0 Å². The third-order valence-corrected chi connectivity index (χ3v) is 4.60. The van der Waals surface area contributed by atoms with Crippen LogP contribution in [0.2, 0.25) is 0 Å². The Morgan fingerprint density at radius 1 is 1.17 bits per heavy atom. The number of amides is 1. The molecule has 2 aromatic rings. The molecule has 0 radical (unpaired) electrons. The van der Waals surface area contributed by atoms with Crippen LogP contribution >= 0.6 is 22.7 Å². The lowest BCUT2D eigenvalue weighted by Gasteiger charge is -2.27. The van der Waals surface area contributed by atoms with Gasteiger partial charge in [0.15, 0.2) is 0 Å². The van der Waals surface area contributed by atoms with E-state index in [0.29, 0.717) is 36.1 Å². The highest BCUT2D eigenvalue weighted by molar-refractivity contribution is 7.15. The fourth-order valence-electron chi connectivity index (χ4n) is 1.89. The van der Waals surface area contributed by atoms with Crippen LogP contribution in [-0.4, -0.2) is 44.9 Å². The number of carbonyl (C=O) groups is 1. The molecule has 24 heavy (non-hydrogen) atoms. The van der Waals surface area contributed by atoms with Crippen LogP contribution in [0, 0.1) is 0 Å². The van der Waals surface area contributed by atoms with Crippen molar-refractivity contribution in [2.75, 3.05) is 24.6 Å². The number of aromatic nitrogens is 3. The van der Waals surface area contributed by atoms with Crippen LogP contribution < -0.4 is 11.5 Å². The molecule has 0 unspecified atom stereocenters. The smallest absolute Gasteiger partial charge is 0.410 e. The van der Waals surface area contributed by atoms with Crippen molar-refractivity contribution < 1.29 is 9.53 Å². The van der Waals surface area contributed by atoms with E-state index in [9.17, 15) is 4.79 Å². The number of hydrogen-bond acceptors (Lipinski definition) is 9. The van der Waals surface area contributed by atoms with Crippen molar-refractivity contribution in [3.05, 3.63) is 16.2 Å². The van der Waals surface area contributed by atoms with Crippen LogP contribution in [0.3, 0.4) is 0 Å². The Bertz CT molecular complexity index is 635. The van der Waals surface area contributed by atoms with Gasteiger partial charge in [0.05, 0.1) is 11.2 Å². The van der Waals surface area contributed by atoms with Crippen LogP contribution in [0.5, 0.6) is 0 Å². The van der Waals surface area contributed by atoms with Gasteiger partial charge < -0.3 is 21.1 Å². The first kappa shape index (κ1) is 18.4. The minimum atomic E-state index is -0.548. The number of nitrogens with zero attached hydrogens (tertiary/aromatic N) is 4. The Morgan fingerprint density at radius 3 is 2.33 bits per heavy atom. The highest BCUT2D eigenvalue weighted by atomic mass is 32.1. The SMILES string of the molecule is CC(C)(C)OC(=O)N(CCc1ncc(N)s1)CCc1nnc(N)s1. The zero-order valence-corrected chi connectivity index (χ0v) is 15.6. The lowest BCUT2D eigenvalue weighted by atomic mass is 10.2. The zero-order valence-electron chi connectivity index (χ0n) is 14.0. The minimum absolute atomic E-state index is 0.357. The summed E-state index contributed by atoms with van der Waals surface area (Å²) in [7, 11) is 0. The average molecular weight is 371 g/mol. The van der Waals surface area contributed by atoms with Crippen LogP contribution in [-0.2, 0) is 17.6 Å². The van der Waals surface area contributed by atoms with E-state index >= 15 is 0 Å². The molecular formula is C14H22N6O2S2. The summed E-state index contributed by atoms with van der Waals surface area (Å²) in [5.74, 6) is 0. The largest absolute Gasteiger partial charge is 0.444 e.